The van der Waals surface area contributed by atoms with Crippen LogP contribution in [0.1, 0.15) is 46.7 Å². The van der Waals surface area contributed by atoms with Gasteiger partial charge in [0.15, 0.2) is 5.76 Å². The molecule has 0 saturated carbocycles. The van der Waals surface area contributed by atoms with Crippen LogP contribution in [0.25, 0.3) is 11.0 Å². The van der Waals surface area contributed by atoms with Crippen molar-refractivity contribution in [3.05, 3.63) is 59.4 Å². The van der Waals surface area contributed by atoms with Gasteiger partial charge in [-0.15, -0.1) is 0 Å². The number of rotatable bonds is 6. The summed E-state index contributed by atoms with van der Waals surface area (Å²) in [5.74, 6) is 0.267. The van der Waals surface area contributed by atoms with Crippen molar-refractivity contribution in [2.75, 3.05) is 12.4 Å². The molecule has 28 heavy (non-hydrogen) atoms. The molecule has 1 unspecified atom stereocenters. The van der Waals surface area contributed by atoms with Gasteiger partial charge in [0.1, 0.15) is 11.3 Å². The molecule has 6 heteroatoms. The Bertz CT molecular complexity index is 1020. The minimum Gasteiger partial charge on any atom is -0.497 e. The molecule has 0 aliphatic carbocycles. The number of amides is 2. The van der Waals surface area contributed by atoms with Crippen molar-refractivity contribution in [2.24, 2.45) is 0 Å². The molecule has 0 bridgehead atoms. The van der Waals surface area contributed by atoms with E-state index in [9.17, 15) is 9.59 Å². The zero-order valence-corrected chi connectivity index (χ0v) is 16.5. The van der Waals surface area contributed by atoms with E-state index in [1.807, 2.05) is 26.8 Å². The fourth-order valence-electron chi connectivity index (χ4n) is 2.92. The molecular formula is C22H24N2O4. The van der Waals surface area contributed by atoms with E-state index in [0.29, 0.717) is 28.1 Å². The molecule has 0 fully saturated rings. The van der Waals surface area contributed by atoms with Gasteiger partial charge in [-0.2, -0.15) is 0 Å². The highest BCUT2D eigenvalue weighted by molar-refractivity contribution is 6.10. The first-order valence-electron chi connectivity index (χ1n) is 9.23. The number of methoxy groups -OCH3 is 1. The zero-order chi connectivity index (χ0) is 20.3. The summed E-state index contributed by atoms with van der Waals surface area (Å²) in [7, 11) is 1.59. The van der Waals surface area contributed by atoms with Crippen LogP contribution in [0.5, 0.6) is 5.75 Å². The summed E-state index contributed by atoms with van der Waals surface area (Å²) in [6.07, 6.45) is 0.821. The van der Waals surface area contributed by atoms with Crippen LogP contribution in [-0.4, -0.2) is 25.0 Å². The molecule has 0 spiro atoms. The maximum Gasteiger partial charge on any atom is 0.291 e. The van der Waals surface area contributed by atoms with Crippen LogP contribution in [0.2, 0.25) is 0 Å². The molecule has 0 radical (unpaired) electrons. The number of anilines is 1. The van der Waals surface area contributed by atoms with E-state index < -0.39 is 5.91 Å². The Balaban J connectivity index is 1.89. The lowest BCUT2D eigenvalue weighted by Gasteiger charge is -2.14. The number of fused-ring (bicyclic) bond motifs is 1. The Morgan fingerprint density at radius 1 is 1.14 bits per heavy atom. The predicted molar refractivity (Wildman–Crippen MR) is 109 cm³/mol. The van der Waals surface area contributed by atoms with Gasteiger partial charge in [0.25, 0.3) is 11.8 Å². The largest absolute Gasteiger partial charge is 0.497 e. The average Bonchev–Trinajstić information content (AvgIpc) is 3.04. The number of hydrogen-bond acceptors (Lipinski definition) is 4. The standard InChI is InChI=1S/C22H24N2O4/c1-5-13(2)23-21(25)16-8-6-7-9-18(16)24-22(26)20-14(3)17-12-15(27-4)10-11-19(17)28-20/h6-13H,5H2,1-4H3,(H,23,25)(H,24,26). The van der Waals surface area contributed by atoms with Crippen LogP contribution in [0, 0.1) is 6.92 Å². The number of hydrogen-bond donors (Lipinski definition) is 2. The van der Waals surface area contributed by atoms with Crippen molar-refractivity contribution in [2.45, 2.75) is 33.2 Å². The number of benzene rings is 2. The molecule has 3 rings (SSSR count). The van der Waals surface area contributed by atoms with Crippen LogP contribution in [-0.2, 0) is 0 Å². The lowest BCUT2D eigenvalue weighted by Crippen LogP contribution is -2.32. The van der Waals surface area contributed by atoms with E-state index in [0.717, 1.165) is 11.8 Å². The number of ether oxygens (including phenoxy) is 1. The fraction of sp³-hybridized carbons (Fsp3) is 0.273. The topological polar surface area (TPSA) is 80.6 Å². The summed E-state index contributed by atoms with van der Waals surface area (Å²) in [4.78, 5) is 25.4. The summed E-state index contributed by atoms with van der Waals surface area (Å²) < 4.78 is 11.0. The first-order valence-corrected chi connectivity index (χ1v) is 9.23. The van der Waals surface area contributed by atoms with E-state index in [-0.39, 0.29) is 17.7 Å². The monoisotopic (exact) mass is 380 g/mol. The van der Waals surface area contributed by atoms with Crippen LogP contribution in [0.15, 0.2) is 46.9 Å². The van der Waals surface area contributed by atoms with Crippen molar-refractivity contribution >= 4 is 28.5 Å². The maximum absolute atomic E-state index is 12.8. The number of furan rings is 1. The fourth-order valence-corrected chi connectivity index (χ4v) is 2.92. The molecule has 2 N–H and O–H groups in total. The van der Waals surface area contributed by atoms with Crippen LogP contribution >= 0.6 is 0 Å². The molecule has 2 aromatic carbocycles. The van der Waals surface area contributed by atoms with Gasteiger partial charge in [0, 0.05) is 17.0 Å². The van der Waals surface area contributed by atoms with Gasteiger partial charge in [0.05, 0.1) is 18.4 Å². The summed E-state index contributed by atoms with van der Waals surface area (Å²) in [6.45, 7) is 5.75. The Hall–Kier alpha value is -3.28. The molecule has 3 aromatic rings. The Morgan fingerprint density at radius 2 is 1.89 bits per heavy atom. The number of aryl methyl sites for hydroxylation is 1. The third kappa shape index (κ3) is 3.86. The first kappa shape index (κ1) is 19.5. The Kier molecular flexibility index (Phi) is 5.68. The molecule has 0 saturated heterocycles. The second kappa shape index (κ2) is 8.17. The zero-order valence-electron chi connectivity index (χ0n) is 16.5. The normalized spacial score (nSPS) is 11.9. The molecule has 146 valence electrons. The average molecular weight is 380 g/mol. The van der Waals surface area contributed by atoms with Crippen molar-refractivity contribution in [1.82, 2.24) is 5.32 Å². The minimum atomic E-state index is -0.406. The van der Waals surface area contributed by atoms with Gasteiger partial charge in [-0.25, -0.2) is 0 Å². The summed E-state index contributed by atoms with van der Waals surface area (Å²) in [5, 5.41) is 6.53. The highest BCUT2D eigenvalue weighted by atomic mass is 16.5. The smallest absolute Gasteiger partial charge is 0.291 e. The van der Waals surface area contributed by atoms with E-state index >= 15 is 0 Å². The third-order valence-electron chi connectivity index (χ3n) is 4.76. The molecule has 0 aliphatic heterocycles. The van der Waals surface area contributed by atoms with Crippen LogP contribution < -0.4 is 15.4 Å². The quantitative estimate of drug-likeness (QED) is 0.658. The number of para-hydroxylation sites is 1. The second-order valence-corrected chi connectivity index (χ2v) is 6.70. The Labute approximate surface area is 163 Å². The molecular weight excluding hydrogens is 356 g/mol. The number of nitrogens with one attached hydrogen (secondary N) is 2. The van der Waals surface area contributed by atoms with Crippen LogP contribution in [0.4, 0.5) is 5.69 Å². The third-order valence-corrected chi connectivity index (χ3v) is 4.76. The van der Waals surface area contributed by atoms with E-state index in [1.54, 1.807) is 43.5 Å². The van der Waals surface area contributed by atoms with Gasteiger partial charge in [-0.05, 0) is 50.6 Å². The van der Waals surface area contributed by atoms with Crippen LogP contribution in [0.3, 0.4) is 0 Å². The Morgan fingerprint density at radius 3 is 2.61 bits per heavy atom. The van der Waals surface area contributed by atoms with E-state index in [2.05, 4.69) is 10.6 Å². The van der Waals surface area contributed by atoms with E-state index in [4.69, 9.17) is 9.15 Å². The molecule has 2 amide bonds. The predicted octanol–water partition coefficient (Wildman–Crippen LogP) is 4.53. The highest BCUT2D eigenvalue weighted by Gasteiger charge is 2.20. The van der Waals surface area contributed by atoms with Gasteiger partial charge in [-0.1, -0.05) is 19.1 Å². The summed E-state index contributed by atoms with van der Waals surface area (Å²) in [6, 6.07) is 12.3. The lowest BCUT2D eigenvalue weighted by atomic mass is 10.1. The minimum absolute atomic E-state index is 0.0452. The van der Waals surface area contributed by atoms with Gasteiger partial charge < -0.3 is 19.8 Å². The highest BCUT2D eigenvalue weighted by Crippen LogP contribution is 2.29. The lowest BCUT2D eigenvalue weighted by molar-refractivity contribution is 0.0940. The van der Waals surface area contributed by atoms with Crippen molar-refractivity contribution in [1.29, 1.82) is 0 Å². The molecule has 1 heterocycles. The SMILES string of the molecule is CCC(C)NC(=O)c1ccccc1NC(=O)c1oc2ccc(OC)cc2c1C. The van der Waals surface area contributed by atoms with Crippen molar-refractivity contribution in [3.63, 3.8) is 0 Å². The molecule has 0 aliphatic rings. The number of carbonyl (C=O) groups is 2. The number of carbonyl (C=O) groups excluding carboxylic acids is 2. The van der Waals surface area contributed by atoms with Crippen molar-refractivity contribution < 1.29 is 18.7 Å². The second-order valence-electron chi connectivity index (χ2n) is 6.70. The van der Waals surface area contributed by atoms with Gasteiger partial charge in [-0.3, -0.25) is 9.59 Å². The molecule has 1 aromatic heterocycles. The summed E-state index contributed by atoms with van der Waals surface area (Å²) >= 11 is 0. The van der Waals surface area contributed by atoms with Gasteiger partial charge >= 0.3 is 0 Å². The first-order chi connectivity index (χ1) is 13.4. The summed E-state index contributed by atoms with van der Waals surface area (Å²) in [5.41, 5.74) is 2.16. The molecule has 6 nitrogen and oxygen atoms in total. The van der Waals surface area contributed by atoms with E-state index in [1.165, 1.54) is 0 Å². The van der Waals surface area contributed by atoms with Crippen molar-refractivity contribution in [3.8, 4) is 5.75 Å². The van der Waals surface area contributed by atoms with Gasteiger partial charge in [0.2, 0.25) is 0 Å². The molecule has 1 atom stereocenters. The maximum atomic E-state index is 12.8.